The van der Waals surface area contributed by atoms with Gasteiger partial charge in [-0.1, -0.05) is 12.8 Å². The zero-order valence-corrected chi connectivity index (χ0v) is 18.9. The van der Waals surface area contributed by atoms with Gasteiger partial charge in [0, 0.05) is 38.9 Å². The number of nitrogens with one attached hydrogen (secondary N) is 4. The van der Waals surface area contributed by atoms with Gasteiger partial charge >= 0.3 is 0 Å². The normalized spacial score (nSPS) is 19.4. The van der Waals surface area contributed by atoms with E-state index in [4.69, 9.17) is 5.73 Å². The third kappa shape index (κ3) is 9.48. The second kappa shape index (κ2) is 13.8. The molecule has 0 saturated heterocycles. The Morgan fingerprint density at radius 3 is 2.52 bits per heavy atom. The maximum absolute atomic E-state index is 12.6. The predicted molar refractivity (Wildman–Crippen MR) is 123 cm³/mol. The first-order valence-corrected chi connectivity index (χ1v) is 11.3. The van der Waals surface area contributed by atoms with Gasteiger partial charge < -0.3 is 31.9 Å². The third-order valence-corrected chi connectivity index (χ3v) is 5.13. The monoisotopic (exact) mass is 434 g/mol. The topological polar surface area (TPSA) is 137 Å². The van der Waals surface area contributed by atoms with Crippen LogP contribution in [0.5, 0.6) is 0 Å². The summed E-state index contributed by atoms with van der Waals surface area (Å²) in [5, 5.41) is 12.3. The molecule has 0 aromatic carbocycles. The van der Waals surface area contributed by atoms with Crippen LogP contribution in [0.15, 0.2) is 6.20 Å². The number of fused-ring (bicyclic) bond motifs is 2. The summed E-state index contributed by atoms with van der Waals surface area (Å²) in [4.78, 5) is 35.5. The Balaban J connectivity index is 2.03. The Kier molecular flexibility index (Phi) is 11.0. The van der Waals surface area contributed by atoms with Gasteiger partial charge in [-0.3, -0.25) is 9.59 Å². The van der Waals surface area contributed by atoms with Crippen molar-refractivity contribution in [3.63, 3.8) is 0 Å². The molecule has 1 aliphatic heterocycles. The lowest BCUT2D eigenvalue weighted by molar-refractivity contribution is -0.122. The molecule has 2 heterocycles. The van der Waals surface area contributed by atoms with Gasteiger partial charge in [0.05, 0.1) is 6.04 Å². The molecule has 2 bridgehead atoms. The van der Waals surface area contributed by atoms with Crippen LogP contribution < -0.4 is 27.0 Å². The summed E-state index contributed by atoms with van der Waals surface area (Å²) in [6, 6.07) is -0.480. The van der Waals surface area contributed by atoms with Crippen molar-refractivity contribution in [3.05, 3.63) is 11.8 Å². The Hall–Kier alpha value is -2.46. The average molecular weight is 435 g/mol. The van der Waals surface area contributed by atoms with Crippen molar-refractivity contribution in [2.45, 2.75) is 51.0 Å². The Labute approximate surface area is 185 Å². The van der Waals surface area contributed by atoms with E-state index in [1.807, 2.05) is 19.0 Å². The lowest BCUT2D eigenvalue weighted by Crippen LogP contribution is -2.40. The minimum absolute atomic E-state index is 0.0761. The zero-order valence-electron chi connectivity index (χ0n) is 18.9. The number of anilines is 2. The summed E-state index contributed by atoms with van der Waals surface area (Å²) < 4.78 is 0. The lowest BCUT2D eigenvalue weighted by Gasteiger charge is -2.15. The van der Waals surface area contributed by atoms with Crippen molar-refractivity contribution in [3.8, 4) is 0 Å². The van der Waals surface area contributed by atoms with E-state index in [1.54, 1.807) is 6.20 Å². The fourth-order valence-corrected chi connectivity index (χ4v) is 3.23. The number of amides is 2. The number of hydrogen-bond acceptors (Lipinski definition) is 8. The number of aromatic nitrogens is 2. The summed E-state index contributed by atoms with van der Waals surface area (Å²) in [7, 11) is 3.92. The number of carbonyl (C=O) groups is 2. The van der Waals surface area contributed by atoms with Crippen LogP contribution in [0.3, 0.4) is 0 Å². The van der Waals surface area contributed by atoms with Gasteiger partial charge in [0.1, 0.15) is 11.4 Å². The van der Waals surface area contributed by atoms with Crippen molar-refractivity contribution in [2.75, 3.05) is 57.5 Å². The van der Waals surface area contributed by atoms with E-state index in [2.05, 4.69) is 31.2 Å². The van der Waals surface area contributed by atoms with Crippen molar-refractivity contribution in [2.24, 2.45) is 5.73 Å². The minimum atomic E-state index is -0.480. The van der Waals surface area contributed by atoms with E-state index in [9.17, 15) is 9.59 Å². The fraction of sp³-hybridized carbons (Fsp3) is 0.714. The van der Waals surface area contributed by atoms with Crippen LogP contribution in [0.2, 0.25) is 0 Å². The highest BCUT2D eigenvalue weighted by atomic mass is 16.2. The molecule has 2 rings (SSSR count). The third-order valence-electron chi connectivity index (χ3n) is 5.13. The SMILES string of the molecule is CN(C)CCNC(=O)c1cnc2nc1NCCCC[C@H](N)C(=O)NCCCCCCN2. The van der Waals surface area contributed by atoms with E-state index in [0.29, 0.717) is 43.4 Å². The van der Waals surface area contributed by atoms with Crippen LogP contribution in [-0.2, 0) is 4.79 Å². The van der Waals surface area contributed by atoms with E-state index in [1.165, 1.54) is 0 Å². The Bertz CT molecular complexity index is 698. The first-order valence-electron chi connectivity index (χ1n) is 11.3. The standard InChI is InChI=1S/C21H38N8O2/c1-29(2)14-13-25-19(30)16-15-27-21-26-12-7-4-3-6-11-24-20(31)17(22)9-5-8-10-23-18(16)28-21/h15,17H,3-14,22H2,1-2H3,(H,24,31)(H,25,30)(H2,23,26,27,28)/t17-/m0/s1. The summed E-state index contributed by atoms with van der Waals surface area (Å²) in [5.41, 5.74) is 6.42. The number of carbonyl (C=O) groups excluding carboxylic acids is 2. The minimum Gasteiger partial charge on any atom is -0.369 e. The first kappa shape index (κ1) is 24.8. The molecular weight excluding hydrogens is 396 g/mol. The van der Waals surface area contributed by atoms with Crippen molar-refractivity contribution >= 4 is 23.6 Å². The van der Waals surface area contributed by atoms with Gasteiger partial charge in [0.25, 0.3) is 5.91 Å². The van der Waals surface area contributed by atoms with E-state index in [0.717, 1.165) is 51.6 Å². The molecule has 174 valence electrons. The van der Waals surface area contributed by atoms with Crippen molar-refractivity contribution in [1.82, 2.24) is 25.5 Å². The maximum atomic E-state index is 12.6. The van der Waals surface area contributed by atoms with E-state index >= 15 is 0 Å². The summed E-state index contributed by atoms with van der Waals surface area (Å²) in [5.74, 6) is 0.760. The molecule has 1 aromatic rings. The van der Waals surface area contributed by atoms with Gasteiger partial charge in [-0.25, -0.2) is 4.98 Å². The van der Waals surface area contributed by atoms with Crippen LogP contribution in [0, 0.1) is 0 Å². The molecule has 0 unspecified atom stereocenters. The van der Waals surface area contributed by atoms with Crippen LogP contribution in [-0.4, -0.2) is 79.5 Å². The highest BCUT2D eigenvalue weighted by Gasteiger charge is 2.16. The van der Waals surface area contributed by atoms with Crippen LogP contribution in [0.4, 0.5) is 11.8 Å². The smallest absolute Gasteiger partial charge is 0.256 e. The second-order valence-corrected chi connectivity index (χ2v) is 8.18. The van der Waals surface area contributed by atoms with Crippen LogP contribution in [0.1, 0.15) is 55.3 Å². The van der Waals surface area contributed by atoms with Gasteiger partial charge in [0.15, 0.2) is 0 Å². The molecule has 1 atom stereocenters. The molecule has 0 fully saturated rings. The van der Waals surface area contributed by atoms with Gasteiger partial charge in [-0.2, -0.15) is 4.98 Å². The first-order chi connectivity index (χ1) is 15.0. The number of nitrogens with two attached hydrogens (primary N) is 1. The second-order valence-electron chi connectivity index (χ2n) is 8.18. The molecular formula is C21H38N8O2. The number of nitrogens with zero attached hydrogens (tertiary/aromatic N) is 3. The molecule has 1 aromatic heterocycles. The maximum Gasteiger partial charge on any atom is 0.256 e. The van der Waals surface area contributed by atoms with E-state index in [-0.39, 0.29) is 11.8 Å². The highest BCUT2D eigenvalue weighted by Crippen LogP contribution is 2.15. The summed E-state index contributed by atoms with van der Waals surface area (Å²) in [6.45, 7) is 3.36. The van der Waals surface area contributed by atoms with Crippen LogP contribution >= 0.6 is 0 Å². The molecule has 2 amide bonds. The summed E-state index contributed by atoms with van der Waals surface area (Å²) >= 11 is 0. The molecule has 10 nitrogen and oxygen atoms in total. The molecule has 0 spiro atoms. The molecule has 0 radical (unpaired) electrons. The van der Waals surface area contributed by atoms with Crippen molar-refractivity contribution in [1.29, 1.82) is 0 Å². The highest BCUT2D eigenvalue weighted by molar-refractivity contribution is 5.98. The van der Waals surface area contributed by atoms with Crippen LogP contribution in [0.25, 0.3) is 0 Å². The number of likely N-dealkylation sites (N-methyl/N-ethyl adjacent to an activating group) is 1. The number of rotatable bonds is 4. The lowest BCUT2D eigenvalue weighted by atomic mass is 10.1. The predicted octanol–water partition coefficient (Wildman–Crippen LogP) is 0.780. The number of hydrogen-bond donors (Lipinski definition) is 5. The molecule has 0 aliphatic carbocycles. The molecule has 10 heteroatoms. The Morgan fingerprint density at radius 2 is 1.77 bits per heavy atom. The molecule has 1 aliphatic rings. The molecule has 0 saturated carbocycles. The summed E-state index contributed by atoms with van der Waals surface area (Å²) in [6.07, 6.45) is 7.83. The van der Waals surface area contributed by atoms with Gasteiger partial charge in [-0.15, -0.1) is 0 Å². The Morgan fingerprint density at radius 1 is 1.10 bits per heavy atom. The largest absolute Gasteiger partial charge is 0.369 e. The zero-order chi connectivity index (χ0) is 22.5. The van der Waals surface area contributed by atoms with Crippen molar-refractivity contribution < 1.29 is 9.59 Å². The van der Waals surface area contributed by atoms with Gasteiger partial charge in [-0.05, 0) is 46.2 Å². The molecule has 6 N–H and O–H groups in total. The van der Waals surface area contributed by atoms with Gasteiger partial charge in [0.2, 0.25) is 11.9 Å². The van der Waals surface area contributed by atoms with E-state index < -0.39 is 6.04 Å². The fourth-order valence-electron chi connectivity index (χ4n) is 3.23. The average Bonchev–Trinajstić information content (AvgIpc) is 2.74. The molecule has 31 heavy (non-hydrogen) atoms. The quantitative estimate of drug-likeness (QED) is 0.469.